The van der Waals surface area contributed by atoms with Crippen LogP contribution in [0.5, 0.6) is 0 Å². The van der Waals surface area contributed by atoms with Gasteiger partial charge < -0.3 is 10.2 Å². The molecule has 7 heteroatoms. The molecule has 0 saturated carbocycles. The molecule has 1 atom stereocenters. The summed E-state index contributed by atoms with van der Waals surface area (Å²) >= 11 is 0. The molecular formula is C16H20F2N4O. The number of nitrogens with one attached hydrogen (secondary N) is 1. The van der Waals surface area contributed by atoms with Gasteiger partial charge in [-0.15, -0.1) is 0 Å². The van der Waals surface area contributed by atoms with Crippen molar-refractivity contribution in [2.24, 2.45) is 7.05 Å². The molecule has 23 heavy (non-hydrogen) atoms. The Morgan fingerprint density at radius 3 is 2.74 bits per heavy atom. The van der Waals surface area contributed by atoms with E-state index >= 15 is 0 Å². The van der Waals surface area contributed by atoms with Crippen LogP contribution in [0.15, 0.2) is 24.4 Å². The van der Waals surface area contributed by atoms with E-state index < -0.39 is 17.7 Å². The van der Waals surface area contributed by atoms with E-state index in [4.69, 9.17) is 0 Å². The molecule has 2 aromatic rings. The van der Waals surface area contributed by atoms with Crippen molar-refractivity contribution in [3.05, 3.63) is 41.6 Å². The quantitative estimate of drug-likeness (QED) is 0.915. The molecule has 0 radical (unpaired) electrons. The molecule has 0 unspecified atom stereocenters. The van der Waals surface area contributed by atoms with Crippen molar-refractivity contribution < 1.29 is 13.6 Å². The summed E-state index contributed by atoms with van der Waals surface area (Å²) < 4.78 is 28.9. The Hall–Kier alpha value is -2.28. The molecule has 0 fully saturated rings. The van der Waals surface area contributed by atoms with Gasteiger partial charge in [0.05, 0.1) is 11.7 Å². The molecule has 0 spiro atoms. The molecule has 1 aromatic heterocycles. The molecule has 1 aromatic carbocycles. The van der Waals surface area contributed by atoms with Crippen molar-refractivity contribution >= 4 is 5.91 Å². The SMILES string of the molecule is C[C@H](NCc1cn(C)nc1-c1cc(F)ccc1F)C(=O)N(C)C. The third-order valence-corrected chi connectivity index (χ3v) is 3.50. The van der Waals surface area contributed by atoms with Crippen LogP contribution >= 0.6 is 0 Å². The second-order valence-corrected chi connectivity index (χ2v) is 5.64. The van der Waals surface area contributed by atoms with Gasteiger partial charge in [-0.05, 0) is 25.1 Å². The van der Waals surface area contributed by atoms with Gasteiger partial charge >= 0.3 is 0 Å². The molecule has 1 amide bonds. The zero-order valence-corrected chi connectivity index (χ0v) is 13.6. The first-order chi connectivity index (χ1) is 10.8. The summed E-state index contributed by atoms with van der Waals surface area (Å²) in [6, 6.07) is 2.87. The zero-order chi connectivity index (χ0) is 17.1. The van der Waals surface area contributed by atoms with Gasteiger partial charge in [-0.1, -0.05) is 0 Å². The van der Waals surface area contributed by atoms with Gasteiger partial charge in [0.15, 0.2) is 0 Å². The summed E-state index contributed by atoms with van der Waals surface area (Å²) in [6.45, 7) is 2.07. The van der Waals surface area contributed by atoms with E-state index in [0.717, 1.165) is 18.2 Å². The maximum atomic E-state index is 14.0. The van der Waals surface area contributed by atoms with Gasteiger partial charge in [-0.3, -0.25) is 9.48 Å². The number of hydrogen-bond donors (Lipinski definition) is 1. The van der Waals surface area contributed by atoms with Crippen molar-refractivity contribution in [2.45, 2.75) is 19.5 Å². The predicted octanol–water partition coefficient (Wildman–Crippen LogP) is 1.93. The Morgan fingerprint density at radius 2 is 2.09 bits per heavy atom. The largest absolute Gasteiger partial charge is 0.347 e. The van der Waals surface area contributed by atoms with Crippen LogP contribution in [0.25, 0.3) is 11.3 Å². The highest BCUT2D eigenvalue weighted by Gasteiger charge is 2.18. The highest BCUT2D eigenvalue weighted by atomic mass is 19.1. The monoisotopic (exact) mass is 322 g/mol. The lowest BCUT2D eigenvalue weighted by Gasteiger charge is -2.18. The van der Waals surface area contributed by atoms with Crippen LogP contribution in [0.3, 0.4) is 0 Å². The molecule has 2 rings (SSSR count). The van der Waals surface area contributed by atoms with E-state index in [-0.39, 0.29) is 11.5 Å². The van der Waals surface area contributed by atoms with Crippen LogP contribution in [-0.2, 0) is 18.4 Å². The first-order valence-electron chi connectivity index (χ1n) is 7.22. The molecular weight excluding hydrogens is 302 g/mol. The zero-order valence-electron chi connectivity index (χ0n) is 13.6. The van der Waals surface area contributed by atoms with Gasteiger partial charge in [0.1, 0.15) is 11.6 Å². The van der Waals surface area contributed by atoms with Crippen LogP contribution in [0, 0.1) is 11.6 Å². The number of amides is 1. The highest BCUT2D eigenvalue weighted by Crippen LogP contribution is 2.25. The van der Waals surface area contributed by atoms with Gasteiger partial charge in [-0.25, -0.2) is 8.78 Å². The van der Waals surface area contributed by atoms with Gasteiger partial charge in [0.2, 0.25) is 5.91 Å². The third kappa shape index (κ3) is 3.92. The van der Waals surface area contributed by atoms with Crippen LogP contribution in [0.1, 0.15) is 12.5 Å². The molecule has 1 heterocycles. The normalized spacial score (nSPS) is 12.3. The summed E-state index contributed by atoms with van der Waals surface area (Å²) in [5, 5.41) is 7.29. The van der Waals surface area contributed by atoms with Crippen molar-refractivity contribution in [3.63, 3.8) is 0 Å². The number of carbonyl (C=O) groups excluding carboxylic acids is 1. The van der Waals surface area contributed by atoms with Gasteiger partial charge in [0, 0.05) is 45.0 Å². The van der Waals surface area contributed by atoms with Gasteiger partial charge in [0.25, 0.3) is 0 Å². The van der Waals surface area contributed by atoms with E-state index in [1.165, 1.54) is 9.58 Å². The van der Waals surface area contributed by atoms with Crippen molar-refractivity contribution in [1.82, 2.24) is 20.0 Å². The standard InChI is InChI=1S/C16H20F2N4O/c1-10(16(23)21(2)3)19-8-11-9-22(4)20-15(11)13-7-12(17)5-6-14(13)18/h5-7,9-10,19H,8H2,1-4H3/t10-/m0/s1. The molecule has 124 valence electrons. The van der Waals surface area contributed by atoms with Crippen LogP contribution in [0.2, 0.25) is 0 Å². The lowest BCUT2D eigenvalue weighted by molar-refractivity contribution is -0.130. The molecule has 0 aliphatic heterocycles. The predicted molar refractivity (Wildman–Crippen MR) is 83.6 cm³/mol. The molecule has 0 bridgehead atoms. The van der Waals surface area contributed by atoms with E-state index in [0.29, 0.717) is 17.8 Å². The Labute approximate surface area is 133 Å². The number of carbonyl (C=O) groups is 1. The number of nitrogens with zero attached hydrogens (tertiary/aromatic N) is 3. The summed E-state index contributed by atoms with van der Waals surface area (Å²) in [7, 11) is 5.06. The topological polar surface area (TPSA) is 50.2 Å². The average molecular weight is 322 g/mol. The van der Waals surface area contributed by atoms with Crippen molar-refractivity contribution in [1.29, 1.82) is 0 Å². The number of rotatable bonds is 5. The number of benzene rings is 1. The number of aryl methyl sites for hydroxylation is 1. The molecule has 0 aliphatic rings. The third-order valence-electron chi connectivity index (χ3n) is 3.50. The molecule has 1 N–H and O–H groups in total. The van der Waals surface area contributed by atoms with Crippen molar-refractivity contribution in [3.8, 4) is 11.3 Å². The first kappa shape index (κ1) is 17.1. The van der Waals surface area contributed by atoms with Crippen molar-refractivity contribution in [2.75, 3.05) is 14.1 Å². The Kier molecular flexibility index (Phi) is 5.10. The van der Waals surface area contributed by atoms with E-state index in [9.17, 15) is 13.6 Å². The number of aromatic nitrogens is 2. The minimum absolute atomic E-state index is 0.0626. The average Bonchev–Trinajstić information content (AvgIpc) is 2.87. The number of hydrogen-bond acceptors (Lipinski definition) is 3. The maximum Gasteiger partial charge on any atom is 0.238 e. The van der Waals surface area contributed by atoms with Crippen LogP contribution < -0.4 is 5.32 Å². The summed E-state index contributed by atoms with van der Waals surface area (Å²) in [5.41, 5.74) is 1.16. The molecule has 0 aliphatic carbocycles. The summed E-state index contributed by atoms with van der Waals surface area (Å²) in [5.74, 6) is -1.13. The molecule has 5 nitrogen and oxygen atoms in total. The smallest absolute Gasteiger partial charge is 0.238 e. The summed E-state index contributed by atoms with van der Waals surface area (Å²) in [6.07, 6.45) is 1.72. The number of likely N-dealkylation sites (N-methyl/N-ethyl adjacent to an activating group) is 1. The number of halogens is 2. The minimum Gasteiger partial charge on any atom is -0.347 e. The van der Waals surface area contributed by atoms with E-state index in [1.54, 1.807) is 34.3 Å². The van der Waals surface area contributed by atoms with E-state index in [1.807, 2.05) is 0 Å². The van der Waals surface area contributed by atoms with Gasteiger partial charge in [-0.2, -0.15) is 5.10 Å². The fraction of sp³-hybridized carbons (Fsp3) is 0.375. The highest BCUT2D eigenvalue weighted by molar-refractivity contribution is 5.80. The maximum absolute atomic E-state index is 14.0. The molecule has 0 saturated heterocycles. The lowest BCUT2D eigenvalue weighted by Crippen LogP contribution is -2.41. The Morgan fingerprint density at radius 1 is 1.39 bits per heavy atom. The fourth-order valence-corrected chi connectivity index (χ4v) is 2.31. The summed E-state index contributed by atoms with van der Waals surface area (Å²) in [4.78, 5) is 13.4. The second kappa shape index (κ2) is 6.87. The fourth-order valence-electron chi connectivity index (χ4n) is 2.31. The van der Waals surface area contributed by atoms with Crippen LogP contribution in [0.4, 0.5) is 8.78 Å². The Bertz CT molecular complexity index is 712. The Balaban J connectivity index is 2.24. The first-order valence-corrected chi connectivity index (χ1v) is 7.22. The van der Waals surface area contributed by atoms with E-state index in [2.05, 4.69) is 10.4 Å². The lowest BCUT2D eigenvalue weighted by atomic mass is 10.1. The van der Waals surface area contributed by atoms with Crippen LogP contribution in [-0.4, -0.2) is 40.7 Å². The minimum atomic E-state index is -0.538. The second-order valence-electron chi connectivity index (χ2n) is 5.64.